The van der Waals surface area contributed by atoms with Crippen molar-refractivity contribution in [3.8, 4) is 0 Å². The second kappa shape index (κ2) is 8.74. The average Bonchev–Trinajstić information content (AvgIpc) is 3.17. The van der Waals surface area contributed by atoms with Gasteiger partial charge in [-0.25, -0.2) is 9.59 Å². The molecule has 1 fully saturated rings. The van der Waals surface area contributed by atoms with E-state index in [-0.39, 0.29) is 0 Å². The predicted octanol–water partition coefficient (Wildman–Crippen LogP) is 1.07. The van der Waals surface area contributed by atoms with Gasteiger partial charge in [-0.15, -0.1) is 0 Å². The summed E-state index contributed by atoms with van der Waals surface area (Å²) in [5, 5.41) is 17.5. The average molecular weight is 271 g/mol. The van der Waals surface area contributed by atoms with Gasteiger partial charge in [-0.3, -0.25) is 0 Å². The zero-order valence-electron chi connectivity index (χ0n) is 11.6. The fourth-order valence-corrected chi connectivity index (χ4v) is 1.76. The summed E-state index contributed by atoms with van der Waals surface area (Å²) in [7, 11) is 0. The molecule has 0 saturated heterocycles. The fraction of sp³-hybridized carbons (Fsp3) is 0.846. The highest BCUT2D eigenvalue weighted by Gasteiger charge is 2.20. The Labute approximate surface area is 114 Å². The van der Waals surface area contributed by atoms with Crippen LogP contribution in [0.1, 0.15) is 45.4 Å². The SMILES string of the molecule is CCCCC(NC(=O)NCCCNC1CC1)C(=O)O. The predicted molar refractivity (Wildman–Crippen MR) is 73.1 cm³/mol. The van der Waals surface area contributed by atoms with E-state index in [4.69, 9.17) is 5.11 Å². The molecule has 1 unspecified atom stereocenters. The van der Waals surface area contributed by atoms with Crippen LogP contribution in [0.25, 0.3) is 0 Å². The molecule has 0 bridgehead atoms. The molecule has 19 heavy (non-hydrogen) atoms. The lowest BCUT2D eigenvalue weighted by atomic mass is 10.1. The molecule has 1 aliphatic carbocycles. The Morgan fingerprint density at radius 2 is 2.00 bits per heavy atom. The molecule has 6 heteroatoms. The third-order valence-electron chi connectivity index (χ3n) is 3.10. The number of rotatable bonds is 10. The Balaban J connectivity index is 2.06. The van der Waals surface area contributed by atoms with Crippen LogP contribution in [0.2, 0.25) is 0 Å². The quantitative estimate of drug-likeness (QED) is 0.447. The number of amides is 2. The molecule has 2 amide bonds. The molecular weight excluding hydrogens is 246 g/mol. The largest absolute Gasteiger partial charge is 0.480 e. The molecule has 0 aromatic rings. The van der Waals surface area contributed by atoms with E-state index in [1.807, 2.05) is 6.92 Å². The van der Waals surface area contributed by atoms with E-state index in [1.54, 1.807) is 0 Å². The van der Waals surface area contributed by atoms with Crippen LogP contribution in [0.3, 0.4) is 0 Å². The molecule has 1 aliphatic rings. The van der Waals surface area contributed by atoms with E-state index in [0.717, 1.165) is 25.8 Å². The number of hydrogen-bond acceptors (Lipinski definition) is 3. The molecule has 0 aromatic carbocycles. The Kier molecular flexibility index (Phi) is 7.25. The normalized spacial score (nSPS) is 15.8. The number of carbonyl (C=O) groups excluding carboxylic acids is 1. The lowest BCUT2D eigenvalue weighted by molar-refractivity contribution is -0.139. The number of hydrogen-bond donors (Lipinski definition) is 4. The van der Waals surface area contributed by atoms with E-state index in [9.17, 15) is 9.59 Å². The van der Waals surface area contributed by atoms with Gasteiger partial charge in [0.05, 0.1) is 0 Å². The van der Waals surface area contributed by atoms with Crippen molar-refractivity contribution in [2.45, 2.75) is 57.5 Å². The van der Waals surface area contributed by atoms with Crippen molar-refractivity contribution in [1.29, 1.82) is 0 Å². The summed E-state index contributed by atoms with van der Waals surface area (Å²) in [6.45, 7) is 3.45. The van der Waals surface area contributed by atoms with Crippen LogP contribution in [-0.2, 0) is 4.79 Å². The Morgan fingerprint density at radius 3 is 2.58 bits per heavy atom. The summed E-state index contributed by atoms with van der Waals surface area (Å²) in [4.78, 5) is 22.5. The molecule has 6 nitrogen and oxygen atoms in total. The van der Waals surface area contributed by atoms with Crippen LogP contribution in [0.15, 0.2) is 0 Å². The van der Waals surface area contributed by atoms with E-state index in [1.165, 1.54) is 12.8 Å². The summed E-state index contributed by atoms with van der Waals surface area (Å²) >= 11 is 0. The number of urea groups is 1. The number of carboxylic acid groups (broad SMARTS) is 1. The molecule has 110 valence electrons. The molecule has 0 aromatic heterocycles. The standard InChI is InChI=1S/C13H25N3O3/c1-2-3-5-11(12(17)18)16-13(19)15-9-4-8-14-10-6-7-10/h10-11,14H,2-9H2,1H3,(H,17,18)(H2,15,16,19). The third kappa shape index (κ3) is 7.66. The highest BCUT2D eigenvalue weighted by Crippen LogP contribution is 2.18. The first kappa shape index (κ1) is 15.8. The van der Waals surface area contributed by atoms with Gasteiger partial charge in [-0.05, 0) is 32.2 Å². The van der Waals surface area contributed by atoms with Crippen LogP contribution in [0.4, 0.5) is 4.79 Å². The summed E-state index contributed by atoms with van der Waals surface area (Å²) in [5.74, 6) is -0.973. The van der Waals surface area contributed by atoms with Crippen molar-refractivity contribution in [2.75, 3.05) is 13.1 Å². The van der Waals surface area contributed by atoms with E-state index >= 15 is 0 Å². The molecule has 0 aliphatic heterocycles. The van der Waals surface area contributed by atoms with Crippen molar-refractivity contribution in [3.05, 3.63) is 0 Å². The van der Waals surface area contributed by atoms with Crippen LogP contribution in [-0.4, -0.2) is 42.3 Å². The van der Waals surface area contributed by atoms with Crippen LogP contribution in [0.5, 0.6) is 0 Å². The number of carboxylic acids is 1. The van der Waals surface area contributed by atoms with Crippen molar-refractivity contribution >= 4 is 12.0 Å². The Bertz CT molecular complexity index is 293. The molecule has 0 heterocycles. The Hall–Kier alpha value is -1.30. The highest BCUT2D eigenvalue weighted by atomic mass is 16.4. The molecule has 1 rings (SSSR count). The zero-order valence-corrected chi connectivity index (χ0v) is 11.6. The molecule has 0 radical (unpaired) electrons. The van der Waals surface area contributed by atoms with Gasteiger partial charge in [0.15, 0.2) is 0 Å². The lowest BCUT2D eigenvalue weighted by Crippen LogP contribution is -2.46. The molecular formula is C13H25N3O3. The minimum Gasteiger partial charge on any atom is -0.480 e. The summed E-state index contributed by atoms with van der Waals surface area (Å²) in [6, 6.07) is -0.501. The van der Waals surface area contributed by atoms with E-state index < -0.39 is 18.0 Å². The number of nitrogens with one attached hydrogen (secondary N) is 3. The lowest BCUT2D eigenvalue weighted by Gasteiger charge is -2.14. The van der Waals surface area contributed by atoms with Crippen LogP contribution < -0.4 is 16.0 Å². The fourth-order valence-electron chi connectivity index (χ4n) is 1.76. The first-order valence-corrected chi connectivity index (χ1v) is 7.14. The van der Waals surface area contributed by atoms with Gasteiger partial charge in [0, 0.05) is 12.6 Å². The van der Waals surface area contributed by atoms with Crippen molar-refractivity contribution in [2.24, 2.45) is 0 Å². The number of unbranched alkanes of at least 4 members (excludes halogenated alkanes) is 1. The monoisotopic (exact) mass is 271 g/mol. The van der Waals surface area contributed by atoms with Gasteiger partial charge in [-0.1, -0.05) is 19.8 Å². The zero-order chi connectivity index (χ0) is 14.1. The van der Waals surface area contributed by atoms with Gasteiger partial charge < -0.3 is 21.1 Å². The van der Waals surface area contributed by atoms with E-state index in [0.29, 0.717) is 19.0 Å². The minimum atomic E-state index is -0.973. The van der Waals surface area contributed by atoms with Crippen molar-refractivity contribution < 1.29 is 14.7 Å². The van der Waals surface area contributed by atoms with Crippen molar-refractivity contribution in [1.82, 2.24) is 16.0 Å². The van der Waals surface area contributed by atoms with Gasteiger partial charge >= 0.3 is 12.0 Å². The van der Waals surface area contributed by atoms with E-state index in [2.05, 4.69) is 16.0 Å². The smallest absolute Gasteiger partial charge is 0.326 e. The van der Waals surface area contributed by atoms with Crippen LogP contribution in [0, 0.1) is 0 Å². The summed E-state index contributed by atoms with van der Waals surface area (Å²) in [5.41, 5.74) is 0. The second-order valence-corrected chi connectivity index (χ2v) is 5.02. The van der Waals surface area contributed by atoms with Gasteiger partial charge in [0.25, 0.3) is 0 Å². The van der Waals surface area contributed by atoms with Gasteiger partial charge in [0.1, 0.15) is 6.04 Å². The third-order valence-corrected chi connectivity index (χ3v) is 3.10. The maximum Gasteiger partial charge on any atom is 0.326 e. The summed E-state index contributed by atoms with van der Waals surface area (Å²) in [6.07, 6.45) is 5.55. The second-order valence-electron chi connectivity index (χ2n) is 5.02. The molecule has 1 atom stereocenters. The maximum absolute atomic E-state index is 11.5. The molecule has 4 N–H and O–H groups in total. The van der Waals surface area contributed by atoms with Crippen molar-refractivity contribution in [3.63, 3.8) is 0 Å². The Morgan fingerprint density at radius 1 is 1.26 bits per heavy atom. The summed E-state index contributed by atoms with van der Waals surface area (Å²) < 4.78 is 0. The van der Waals surface area contributed by atoms with Gasteiger partial charge in [0.2, 0.25) is 0 Å². The molecule has 0 spiro atoms. The minimum absolute atomic E-state index is 0.394. The first-order valence-electron chi connectivity index (χ1n) is 7.14. The number of aliphatic carboxylic acids is 1. The highest BCUT2D eigenvalue weighted by molar-refractivity contribution is 5.82. The molecule has 1 saturated carbocycles. The number of carbonyl (C=O) groups is 2. The first-order chi connectivity index (χ1) is 9.13. The van der Waals surface area contributed by atoms with Gasteiger partial charge in [-0.2, -0.15) is 0 Å². The van der Waals surface area contributed by atoms with Crippen LogP contribution >= 0.6 is 0 Å². The topological polar surface area (TPSA) is 90.5 Å². The maximum atomic E-state index is 11.5.